The van der Waals surface area contributed by atoms with Crippen LogP contribution in [0.2, 0.25) is 0 Å². The molecule has 1 aromatic carbocycles. The molecule has 0 bridgehead atoms. The molecule has 0 saturated carbocycles. The summed E-state index contributed by atoms with van der Waals surface area (Å²) >= 11 is 5.33. The van der Waals surface area contributed by atoms with E-state index in [-0.39, 0.29) is 12.5 Å². The van der Waals surface area contributed by atoms with Gasteiger partial charge in [-0.3, -0.25) is 14.5 Å². The number of benzene rings is 1. The van der Waals surface area contributed by atoms with Crippen molar-refractivity contribution in [1.82, 2.24) is 19.7 Å². The molecule has 2 aromatic rings. The van der Waals surface area contributed by atoms with Crippen molar-refractivity contribution in [2.24, 2.45) is 5.92 Å². The SMILES string of the molecule is CCOc1ccc(-c2n[nH]c(=S)n2CC(=O)N2CCC[C@H](C)C2)cc1. The summed E-state index contributed by atoms with van der Waals surface area (Å²) in [6.07, 6.45) is 2.25. The number of nitrogens with one attached hydrogen (secondary N) is 1. The van der Waals surface area contributed by atoms with Crippen LogP contribution in [0, 0.1) is 10.7 Å². The summed E-state index contributed by atoms with van der Waals surface area (Å²) in [5.74, 6) is 2.13. The predicted molar refractivity (Wildman–Crippen MR) is 99.0 cm³/mol. The van der Waals surface area contributed by atoms with E-state index in [0.717, 1.165) is 30.8 Å². The zero-order valence-corrected chi connectivity index (χ0v) is 15.5. The van der Waals surface area contributed by atoms with Gasteiger partial charge in [-0.25, -0.2) is 0 Å². The molecule has 1 saturated heterocycles. The van der Waals surface area contributed by atoms with E-state index >= 15 is 0 Å². The highest BCUT2D eigenvalue weighted by Crippen LogP contribution is 2.22. The standard InChI is InChI=1S/C18H24N4O2S/c1-3-24-15-8-6-14(7-9-15)17-19-20-18(25)22(17)12-16(23)21-10-4-5-13(2)11-21/h6-9,13H,3-5,10-12H2,1-2H3,(H,20,25)/t13-/m0/s1. The van der Waals surface area contributed by atoms with Crippen molar-refractivity contribution in [3.8, 4) is 17.1 Å². The van der Waals surface area contributed by atoms with Gasteiger partial charge in [0.25, 0.3) is 0 Å². The number of likely N-dealkylation sites (tertiary alicyclic amines) is 1. The number of carbonyl (C=O) groups excluding carboxylic acids is 1. The van der Waals surface area contributed by atoms with Crippen molar-refractivity contribution >= 4 is 18.1 Å². The Kier molecular flexibility index (Phi) is 5.53. The van der Waals surface area contributed by atoms with Crippen LogP contribution in [-0.2, 0) is 11.3 Å². The molecular weight excluding hydrogens is 336 g/mol. The highest BCUT2D eigenvalue weighted by atomic mass is 32.1. The molecule has 1 amide bonds. The molecule has 25 heavy (non-hydrogen) atoms. The predicted octanol–water partition coefficient (Wildman–Crippen LogP) is 3.26. The van der Waals surface area contributed by atoms with Gasteiger partial charge < -0.3 is 9.64 Å². The largest absolute Gasteiger partial charge is 0.494 e. The van der Waals surface area contributed by atoms with Crippen LogP contribution in [0.3, 0.4) is 0 Å². The quantitative estimate of drug-likeness (QED) is 0.831. The Morgan fingerprint density at radius 2 is 2.16 bits per heavy atom. The summed E-state index contributed by atoms with van der Waals surface area (Å²) in [6.45, 7) is 6.63. The summed E-state index contributed by atoms with van der Waals surface area (Å²) in [5.41, 5.74) is 0.899. The van der Waals surface area contributed by atoms with Crippen LogP contribution in [0.25, 0.3) is 11.4 Å². The van der Waals surface area contributed by atoms with Crippen LogP contribution in [0.1, 0.15) is 26.7 Å². The van der Waals surface area contributed by atoms with Gasteiger partial charge in [0, 0.05) is 18.7 Å². The number of amides is 1. The first-order valence-electron chi connectivity index (χ1n) is 8.74. The molecule has 1 aromatic heterocycles. The summed E-state index contributed by atoms with van der Waals surface area (Å²) < 4.78 is 7.70. The monoisotopic (exact) mass is 360 g/mol. The Balaban J connectivity index is 1.79. The second-order valence-electron chi connectivity index (χ2n) is 6.48. The number of aromatic nitrogens is 3. The van der Waals surface area contributed by atoms with Gasteiger partial charge in [-0.2, -0.15) is 5.10 Å². The lowest BCUT2D eigenvalue weighted by Gasteiger charge is -2.31. The maximum absolute atomic E-state index is 12.7. The normalized spacial score (nSPS) is 17.5. The molecule has 1 aliphatic rings. The van der Waals surface area contributed by atoms with Crippen molar-refractivity contribution in [3.63, 3.8) is 0 Å². The van der Waals surface area contributed by atoms with Crippen molar-refractivity contribution in [1.29, 1.82) is 0 Å². The van der Waals surface area contributed by atoms with Crippen molar-refractivity contribution in [2.75, 3.05) is 19.7 Å². The highest BCUT2D eigenvalue weighted by molar-refractivity contribution is 7.71. The fourth-order valence-corrected chi connectivity index (χ4v) is 3.40. The van der Waals surface area contributed by atoms with E-state index in [2.05, 4.69) is 17.1 Å². The molecule has 134 valence electrons. The van der Waals surface area contributed by atoms with Gasteiger partial charge in [0.05, 0.1) is 6.61 Å². The summed E-state index contributed by atoms with van der Waals surface area (Å²) in [4.78, 5) is 14.6. The summed E-state index contributed by atoms with van der Waals surface area (Å²) in [7, 11) is 0. The lowest BCUT2D eigenvalue weighted by atomic mass is 10.0. The van der Waals surface area contributed by atoms with Crippen molar-refractivity contribution in [2.45, 2.75) is 33.2 Å². The van der Waals surface area contributed by atoms with Gasteiger partial charge in [-0.05, 0) is 62.2 Å². The molecule has 0 aliphatic carbocycles. The minimum atomic E-state index is 0.0937. The van der Waals surface area contributed by atoms with Crippen LogP contribution in [0.15, 0.2) is 24.3 Å². The Bertz CT molecular complexity index is 781. The molecule has 3 rings (SSSR count). The molecule has 0 radical (unpaired) electrons. The fraction of sp³-hybridized carbons (Fsp3) is 0.500. The van der Waals surface area contributed by atoms with Crippen LogP contribution in [-0.4, -0.2) is 45.3 Å². The average Bonchev–Trinajstić information content (AvgIpc) is 2.97. The van der Waals surface area contributed by atoms with Crippen LogP contribution in [0.4, 0.5) is 0 Å². The number of aromatic amines is 1. The number of carbonyl (C=O) groups is 1. The van der Waals surface area contributed by atoms with Gasteiger partial charge in [-0.15, -0.1) is 0 Å². The van der Waals surface area contributed by atoms with Gasteiger partial charge >= 0.3 is 0 Å². The zero-order chi connectivity index (χ0) is 17.8. The highest BCUT2D eigenvalue weighted by Gasteiger charge is 2.22. The average molecular weight is 360 g/mol. The van der Waals surface area contributed by atoms with E-state index in [4.69, 9.17) is 17.0 Å². The van der Waals surface area contributed by atoms with Crippen LogP contribution >= 0.6 is 12.2 Å². The van der Waals surface area contributed by atoms with E-state index in [1.807, 2.05) is 36.1 Å². The van der Waals surface area contributed by atoms with E-state index in [9.17, 15) is 4.79 Å². The van der Waals surface area contributed by atoms with Gasteiger partial charge in [-0.1, -0.05) is 6.92 Å². The first-order valence-corrected chi connectivity index (χ1v) is 9.15. The summed E-state index contributed by atoms with van der Waals surface area (Å²) in [5, 5.41) is 7.12. The fourth-order valence-electron chi connectivity index (χ4n) is 3.20. The van der Waals surface area contributed by atoms with E-state index in [1.165, 1.54) is 6.42 Å². The Labute approximate surface area is 152 Å². The molecular formula is C18H24N4O2S. The molecule has 1 aliphatic heterocycles. The number of nitrogens with zero attached hydrogens (tertiary/aromatic N) is 3. The number of rotatable bonds is 5. The van der Waals surface area contributed by atoms with Crippen molar-refractivity contribution < 1.29 is 9.53 Å². The minimum absolute atomic E-state index is 0.0937. The number of ether oxygens (including phenoxy) is 1. The van der Waals surface area contributed by atoms with E-state index in [0.29, 0.717) is 23.1 Å². The van der Waals surface area contributed by atoms with Gasteiger partial charge in [0.1, 0.15) is 12.3 Å². The molecule has 1 atom stereocenters. The maximum Gasteiger partial charge on any atom is 0.242 e. The number of hydrogen-bond donors (Lipinski definition) is 1. The zero-order valence-electron chi connectivity index (χ0n) is 14.7. The van der Waals surface area contributed by atoms with Gasteiger partial charge in [0.2, 0.25) is 5.91 Å². The molecule has 1 fully saturated rings. The molecule has 7 heteroatoms. The minimum Gasteiger partial charge on any atom is -0.494 e. The molecule has 6 nitrogen and oxygen atoms in total. The third-order valence-electron chi connectivity index (χ3n) is 4.48. The Morgan fingerprint density at radius 1 is 1.40 bits per heavy atom. The van der Waals surface area contributed by atoms with E-state index < -0.39 is 0 Å². The number of hydrogen-bond acceptors (Lipinski definition) is 4. The molecule has 0 spiro atoms. The van der Waals surface area contributed by atoms with Crippen LogP contribution < -0.4 is 4.74 Å². The second-order valence-corrected chi connectivity index (χ2v) is 6.87. The second kappa shape index (κ2) is 7.82. The third kappa shape index (κ3) is 4.10. The lowest BCUT2D eigenvalue weighted by molar-refractivity contribution is -0.133. The van der Waals surface area contributed by atoms with Crippen LogP contribution in [0.5, 0.6) is 5.75 Å². The first kappa shape index (κ1) is 17.7. The van der Waals surface area contributed by atoms with E-state index in [1.54, 1.807) is 4.57 Å². The first-order chi connectivity index (χ1) is 12.1. The topological polar surface area (TPSA) is 63.1 Å². The Hall–Kier alpha value is -2.15. The lowest BCUT2D eigenvalue weighted by Crippen LogP contribution is -2.40. The van der Waals surface area contributed by atoms with Gasteiger partial charge in [0.15, 0.2) is 10.6 Å². The Morgan fingerprint density at radius 3 is 2.84 bits per heavy atom. The molecule has 1 N–H and O–H groups in total. The van der Waals surface area contributed by atoms with Crippen molar-refractivity contribution in [3.05, 3.63) is 29.0 Å². The maximum atomic E-state index is 12.7. The molecule has 2 heterocycles. The number of piperidine rings is 1. The third-order valence-corrected chi connectivity index (χ3v) is 4.80. The smallest absolute Gasteiger partial charge is 0.242 e. The summed E-state index contributed by atoms with van der Waals surface area (Å²) in [6, 6.07) is 7.66. The number of H-pyrrole nitrogens is 1. The molecule has 0 unspecified atom stereocenters.